The van der Waals surface area contributed by atoms with Crippen LogP contribution in [0.5, 0.6) is 5.75 Å². The molecule has 4 rings (SSSR count). The van der Waals surface area contributed by atoms with Gasteiger partial charge < -0.3 is 9.47 Å². The second kappa shape index (κ2) is 9.15. The number of rotatable bonds is 7. The van der Waals surface area contributed by atoms with Crippen LogP contribution < -0.4 is 4.74 Å². The predicted octanol–water partition coefficient (Wildman–Crippen LogP) is 5.17. The summed E-state index contributed by atoms with van der Waals surface area (Å²) in [5.41, 5.74) is 3.42. The number of ether oxygens (including phenoxy) is 2. The lowest BCUT2D eigenvalue weighted by molar-refractivity contribution is 0.181. The second-order valence-corrected chi connectivity index (χ2v) is 7.69. The molecule has 0 bridgehead atoms. The minimum Gasteiger partial charge on any atom is -0.489 e. The second-order valence-electron chi connectivity index (χ2n) is 7.69. The number of fused-ring (bicyclic) bond motifs is 1. The van der Waals surface area contributed by atoms with Crippen LogP contribution in [0.2, 0.25) is 0 Å². The van der Waals surface area contributed by atoms with Crippen molar-refractivity contribution >= 4 is 10.9 Å². The Labute approximate surface area is 172 Å². The Morgan fingerprint density at radius 1 is 1.24 bits per heavy atom. The van der Waals surface area contributed by atoms with Crippen molar-refractivity contribution in [3.8, 4) is 17.6 Å². The molecule has 2 heterocycles. The van der Waals surface area contributed by atoms with Gasteiger partial charge in [0, 0.05) is 36.6 Å². The molecule has 4 nitrogen and oxygen atoms in total. The van der Waals surface area contributed by atoms with E-state index in [1.807, 2.05) is 19.1 Å². The van der Waals surface area contributed by atoms with Crippen molar-refractivity contribution in [2.45, 2.75) is 45.8 Å². The summed E-state index contributed by atoms with van der Waals surface area (Å²) in [6.45, 7) is 7.25. The van der Waals surface area contributed by atoms with E-state index in [4.69, 9.17) is 14.6 Å². The van der Waals surface area contributed by atoms with Gasteiger partial charge in [-0.2, -0.15) is 5.10 Å². The summed E-state index contributed by atoms with van der Waals surface area (Å²) in [4.78, 5) is 0. The quantitative estimate of drug-likeness (QED) is 0.524. The molecule has 3 aromatic rings. The number of benzene rings is 2. The predicted molar refractivity (Wildman–Crippen MR) is 116 cm³/mol. The molecule has 1 aromatic heterocycles. The Balaban J connectivity index is 1.39. The van der Waals surface area contributed by atoms with E-state index in [9.17, 15) is 0 Å². The summed E-state index contributed by atoms with van der Waals surface area (Å²) in [5, 5.41) is 5.85. The summed E-state index contributed by atoms with van der Waals surface area (Å²) in [6, 6.07) is 14.7. The molecule has 0 saturated carbocycles. The van der Waals surface area contributed by atoms with Gasteiger partial charge in [0.2, 0.25) is 0 Å². The third kappa shape index (κ3) is 4.81. The summed E-state index contributed by atoms with van der Waals surface area (Å²) in [7, 11) is 0. The Bertz CT molecular complexity index is 1000. The molecule has 0 spiro atoms. The third-order valence-corrected chi connectivity index (χ3v) is 5.50. The minimum atomic E-state index is 0.295. The highest BCUT2D eigenvalue weighted by Gasteiger charge is 2.16. The first-order valence-electron chi connectivity index (χ1n) is 10.4. The van der Waals surface area contributed by atoms with E-state index in [1.165, 1.54) is 5.56 Å². The summed E-state index contributed by atoms with van der Waals surface area (Å²) in [5.74, 6) is 8.03. The monoisotopic (exact) mass is 388 g/mol. The average Bonchev–Trinajstić information content (AvgIpc) is 3.40. The van der Waals surface area contributed by atoms with Crippen LogP contribution in [0.4, 0.5) is 0 Å². The molecule has 0 radical (unpaired) electrons. The van der Waals surface area contributed by atoms with Crippen molar-refractivity contribution in [2.24, 2.45) is 5.92 Å². The molecule has 1 saturated heterocycles. The van der Waals surface area contributed by atoms with E-state index in [0.29, 0.717) is 18.4 Å². The standard InChI is InChI=1S/C25H28N2O2/c1-3-5-21(4-2)22-7-9-24(10-8-22)29-18-19-6-11-25-23(14-19)16-27(26-25)15-20-12-13-28-17-20/h6-11,14,16,20-21H,4,12-13,15,17-18H2,1-2H3/t20?,21-/m1/s1. The van der Waals surface area contributed by atoms with Gasteiger partial charge in [0.1, 0.15) is 12.4 Å². The van der Waals surface area contributed by atoms with Crippen molar-refractivity contribution in [3.63, 3.8) is 0 Å². The highest BCUT2D eigenvalue weighted by molar-refractivity contribution is 5.78. The first-order chi connectivity index (χ1) is 14.2. The SMILES string of the molecule is CC#C[C@@H](CC)c1ccc(OCc2ccc3nn(CC4CCOC4)cc3c2)cc1. The number of hydrogen-bond donors (Lipinski definition) is 0. The maximum Gasteiger partial charge on any atom is 0.119 e. The van der Waals surface area contributed by atoms with Crippen LogP contribution in [0, 0.1) is 17.8 Å². The van der Waals surface area contributed by atoms with E-state index in [1.54, 1.807) is 0 Å². The van der Waals surface area contributed by atoms with Gasteiger partial charge in [-0.25, -0.2) is 0 Å². The van der Waals surface area contributed by atoms with E-state index in [0.717, 1.165) is 54.8 Å². The van der Waals surface area contributed by atoms with E-state index in [2.05, 4.69) is 60.0 Å². The lowest BCUT2D eigenvalue weighted by Gasteiger charge is -2.10. The van der Waals surface area contributed by atoms with Gasteiger partial charge in [0.25, 0.3) is 0 Å². The Hall–Kier alpha value is -2.77. The van der Waals surface area contributed by atoms with Crippen molar-refractivity contribution < 1.29 is 9.47 Å². The molecule has 2 atom stereocenters. The van der Waals surface area contributed by atoms with Crippen molar-refractivity contribution in [1.29, 1.82) is 0 Å². The van der Waals surface area contributed by atoms with Crippen LogP contribution >= 0.6 is 0 Å². The van der Waals surface area contributed by atoms with E-state index < -0.39 is 0 Å². The van der Waals surface area contributed by atoms with Gasteiger partial charge in [0.05, 0.1) is 12.1 Å². The molecular weight excluding hydrogens is 360 g/mol. The molecule has 29 heavy (non-hydrogen) atoms. The third-order valence-electron chi connectivity index (χ3n) is 5.50. The van der Waals surface area contributed by atoms with Crippen LogP contribution in [0.1, 0.15) is 43.7 Å². The van der Waals surface area contributed by atoms with E-state index >= 15 is 0 Å². The van der Waals surface area contributed by atoms with Crippen LogP contribution in [-0.4, -0.2) is 23.0 Å². The average molecular weight is 389 g/mol. The molecule has 0 aliphatic carbocycles. The van der Waals surface area contributed by atoms with Crippen LogP contribution in [0.25, 0.3) is 10.9 Å². The van der Waals surface area contributed by atoms with Gasteiger partial charge >= 0.3 is 0 Å². The molecule has 1 aliphatic rings. The van der Waals surface area contributed by atoms with Gasteiger partial charge in [-0.1, -0.05) is 31.0 Å². The highest BCUT2D eigenvalue weighted by atomic mass is 16.5. The number of nitrogens with zero attached hydrogens (tertiary/aromatic N) is 2. The van der Waals surface area contributed by atoms with Gasteiger partial charge in [-0.3, -0.25) is 4.68 Å². The maximum absolute atomic E-state index is 6.00. The fourth-order valence-corrected chi connectivity index (χ4v) is 3.86. The summed E-state index contributed by atoms with van der Waals surface area (Å²) >= 11 is 0. The Morgan fingerprint density at radius 2 is 2.10 bits per heavy atom. The zero-order valence-electron chi connectivity index (χ0n) is 17.2. The highest BCUT2D eigenvalue weighted by Crippen LogP contribution is 2.23. The zero-order chi connectivity index (χ0) is 20.1. The van der Waals surface area contributed by atoms with Crippen LogP contribution in [0.15, 0.2) is 48.7 Å². The lowest BCUT2D eigenvalue weighted by atomic mass is 9.97. The fraction of sp³-hybridized carbons (Fsp3) is 0.400. The van der Waals surface area contributed by atoms with Crippen LogP contribution in [0.3, 0.4) is 0 Å². The normalized spacial score (nSPS) is 17.1. The topological polar surface area (TPSA) is 36.3 Å². The smallest absolute Gasteiger partial charge is 0.119 e. The molecule has 4 heteroatoms. The molecular formula is C25H28N2O2. The zero-order valence-corrected chi connectivity index (χ0v) is 17.2. The summed E-state index contributed by atoms with van der Waals surface area (Å²) < 4.78 is 13.5. The first-order valence-corrected chi connectivity index (χ1v) is 10.4. The lowest BCUT2D eigenvalue weighted by Crippen LogP contribution is -2.10. The molecule has 2 aromatic carbocycles. The molecule has 1 aliphatic heterocycles. The fourth-order valence-electron chi connectivity index (χ4n) is 3.86. The molecule has 0 N–H and O–H groups in total. The molecule has 0 amide bonds. The van der Waals surface area contributed by atoms with Crippen molar-refractivity contribution in [1.82, 2.24) is 9.78 Å². The first kappa shape index (κ1) is 19.5. The van der Waals surface area contributed by atoms with Crippen molar-refractivity contribution in [3.05, 3.63) is 59.8 Å². The van der Waals surface area contributed by atoms with Gasteiger partial charge in [0.15, 0.2) is 0 Å². The largest absolute Gasteiger partial charge is 0.489 e. The van der Waals surface area contributed by atoms with Crippen LogP contribution in [-0.2, 0) is 17.9 Å². The summed E-state index contributed by atoms with van der Waals surface area (Å²) in [6.07, 6.45) is 4.27. The Kier molecular flexibility index (Phi) is 6.17. The number of aromatic nitrogens is 2. The van der Waals surface area contributed by atoms with Gasteiger partial charge in [-0.05, 0) is 55.2 Å². The molecule has 150 valence electrons. The Morgan fingerprint density at radius 3 is 2.83 bits per heavy atom. The van der Waals surface area contributed by atoms with E-state index in [-0.39, 0.29) is 0 Å². The molecule has 1 fully saturated rings. The maximum atomic E-state index is 6.00. The number of hydrogen-bond acceptors (Lipinski definition) is 3. The molecule has 1 unspecified atom stereocenters. The minimum absolute atomic E-state index is 0.295. The van der Waals surface area contributed by atoms with Crippen molar-refractivity contribution in [2.75, 3.05) is 13.2 Å². The van der Waals surface area contributed by atoms with Gasteiger partial charge in [-0.15, -0.1) is 5.92 Å².